The van der Waals surface area contributed by atoms with Crippen LogP contribution in [-0.4, -0.2) is 24.9 Å². The summed E-state index contributed by atoms with van der Waals surface area (Å²) >= 11 is 0. The number of nitrogens with zero attached hydrogens (tertiary/aromatic N) is 1. The first-order chi connectivity index (χ1) is 9.56. The molecule has 1 aromatic rings. The molecule has 0 aliphatic heterocycles. The summed E-state index contributed by atoms with van der Waals surface area (Å²) in [6.45, 7) is 6.56. The van der Waals surface area contributed by atoms with E-state index in [2.05, 4.69) is 12.2 Å². The number of unbranched alkanes of at least 4 members (excludes halogenated alkanes) is 1. The Kier molecular flexibility index (Phi) is 6.77. The topological polar surface area (TPSA) is 49.4 Å². The molecule has 0 aliphatic rings. The lowest BCUT2D eigenvalue weighted by atomic mass is 10.2. The van der Waals surface area contributed by atoms with Gasteiger partial charge in [-0.05, 0) is 25.0 Å². The Morgan fingerprint density at radius 2 is 1.95 bits per heavy atom. The highest BCUT2D eigenvalue weighted by atomic mass is 16.2. The van der Waals surface area contributed by atoms with Gasteiger partial charge >= 0.3 is 0 Å². The summed E-state index contributed by atoms with van der Waals surface area (Å²) in [6, 6.07) is 7.77. The van der Waals surface area contributed by atoms with Crippen molar-refractivity contribution < 1.29 is 9.59 Å². The first kappa shape index (κ1) is 16.2. The molecular formula is C16H24N2O2. The van der Waals surface area contributed by atoms with Gasteiger partial charge in [0.1, 0.15) is 0 Å². The van der Waals surface area contributed by atoms with Gasteiger partial charge in [0.15, 0.2) is 0 Å². The number of aryl methyl sites for hydroxylation is 1. The zero-order chi connectivity index (χ0) is 15.0. The lowest BCUT2D eigenvalue weighted by Crippen LogP contribution is -2.37. The maximum atomic E-state index is 11.8. The first-order valence-corrected chi connectivity index (χ1v) is 7.16. The number of carbonyl (C=O) groups is 2. The third kappa shape index (κ3) is 5.03. The monoisotopic (exact) mass is 276 g/mol. The van der Waals surface area contributed by atoms with Gasteiger partial charge < -0.3 is 10.2 Å². The molecule has 110 valence electrons. The van der Waals surface area contributed by atoms with Crippen LogP contribution in [0.1, 0.15) is 38.7 Å². The minimum Gasteiger partial charge on any atom is -0.354 e. The van der Waals surface area contributed by atoms with Crippen molar-refractivity contribution in [2.45, 2.75) is 40.0 Å². The molecule has 20 heavy (non-hydrogen) atoms. The van der Waals surface area contributed by atoms with Gasteiger partial charge in [0.2, 0.25) is 11.8 Å². The average molecular weight is 276 g/mol. The standard InChI is InChI=1S/C16H24N2O2/c1-4-5-10-16(20)17-11-12-18(14(3)19)15-9-7-6-8-13(15)2/h6-9H,4-5,10-12H2,1-3H3,(H,17,20). The molecule has 0 saturated carbocycles. The number of hydrogen-bond donors (Lipinski definition) is 1. The average Bonchev–Trinajstić information content (AvgIpc) is 2.42. The summed E-state index contributed by atoms with van der Waals surface area (Å²) in [5, 5.41) is 2.86. The number of amides is 2. The van der Waals surface area contributed by atoms with E-state index in [1.54, 1.807) is 11.8 Å². The van der Waals surface area contributed by atoms with Crippen LogP contribution in [-0.2, 0) is 9.59 Å². The van der Waals surface area contributed by atoms with Gasteiger partial charge in [-0.15, -0.1) is 0 Å². The van der Waals surface area contributed by atoms with E-state index in [1.807, 2.05) is 31.2 Å². The molecular weight excluding hydrogens is 252 g/mol. The van der Waals surface area contributed by atoms with Crippen LogP contribution in [0.4, 0.5) is 5.69 Å². The number of nitrogens with one attached hydrogen (secondary N) is 1. The fraction of sp³-hybridized carbons (Fsp3) is 0.500. The summed E-state index contributed by atoms with van der Waals surface area (Å²) in [4.78, 5) is 25.0. The molecule has 2 amide bonds. The molecule has 0 radical (unpaired) electrons. The molecule has 4 heteroatoms. The Bertz CT molecular complexity index is 458. The van der Waals surface area contributed by atoms with Crippen molar-refractivity contribution in [2.75, 3.05) is 18.0 Å². The number of hydrogen-bond acceptors (Lipinski definition) is 2. The highest BCUT2D eigenvalue weighted by Crippen LogP contribution is 2.18. The van der Waals surface area contributed by atoms with E-state index in [0.29, 0.717) is 19.5 Å². The third-order valence-corrected chi connectivity index (χ3v) is 3.20. The van der Waals surface area contributed by atoms with Gasteiger partial charge in [0.25, 0.3) is 0 Å². The maximum Gasteiger partial charge on any atom is 0.223 e. The molecule has 0 fully saturated rings. The number of anilines is 1. The molecule has 0 atom stereocenters. The van der Waals surface area contributed by atoms with Crippen molar-refractivity contribution in [3.8, 4) is 0 Å². The molecule has 0 unspecified atom stereocenters. The van der Waals surface area contributed by atoms with Gasteiger partial charge in [-0.25, -0.2) is 0 Å². The SMILES string of the molecule is CCCCC(=O)NCCN(C(C)=O)c1ccccc1C. The molecule has 0 heterocycles. The molecule has 0 spiro atoms. The second kappa shape index (κ2) is 8.35. The maximum absolute atomic E-state index is 11.8. The summed E-state index contributed by atoms with van der Waals surface area (Å²) < 4.78 is 0. The van der Waals surface area contributed by atoms with E-state index in [0.717, 1.165) is 24.1 Å². The lowest BCUT2D eigenvalue weighted by Gasteiger charge is -2.23. The van der Waals surface area contributed by atoms with Crippen LogP contribution in [0.2, 0.25) is 0 Å². The molecule has 1 N–H and O–H groups in total. The molecule has 1 rings (SSSR count). The summed E-state index contributed by atoms with van der Waals surface area (Å²) in [5.41, 5.74) is 1.96. The highest BCUT2D eigenvalue weighted by Gasteiger charge is 2.13. The zero-order valence-corrected chi connectivity index (χ0v) is 12.6. The minimum atomic E-state index is -0.0119. The second-order valence-electron chi connectivity index (χ2n) is 4.91. The quantitative estimate of drug-likeness (QED) is 0.832. The van der Waals surface area contributed by atoms with Crippen LogP contribution in [0.5, 0.6) is 0 Å². The predicted molar refractivity (Wildman–Crippen MR) is 81.7 cm³/mol. The van der Waals surface area contributed by atoms with E-state index in [4.69, 9.17) is 0 Å². The Hall–Kier alpha value is -1.84. The second-order valence-corrected chi connectivity index (χ2v) is 4.91. The minimum absolute atomic E-state index is 0.0119. The third-order valence-electron chi connectivity index (χ3n) is 3.20. The molecule has 0 aromatic heterocycles. The van der Waals surface area contributed by atoms with E-state index >= 15 is 0 Å². The van der Waals surface area contributed by atoms with Gasteiger partial charge in [-0.2, -0.15) is 0 Å². The van der Waals surface area contributed by atoms with Gasteiger partial charge in [0, 0.05) is 32.1 Å². The van der Waals surface area contributed by atoms with E-state index < -0.39 is 0 Å². The smallest absolute Gasteiger partial charge is 0.223 e. The normalized spacial score (nSPS) is 10.2. The van der Waals surface area contributed by atoms with Crippen molar-refractivity contribution in [3.05, 3.63) is 29.8 Å². The van der Waals surface area contributed by atoms with Crippen molar-refractivity contribution in [1.82, 2.24) is 5.32 Å². The number of benzene rings is 1. The van der Waals surface area contributed by atoms with Crippen LogP contribution in [0, 0.1) is 6.92 Å². The summed E-state index contributed by atoms with van der Waals surface area (Å²) in [5.74, 6) is 0.0437. The Morgan fingerprint density at radius 3 is 2.55 bits per heavy atom. The van der Waals surface area contributed by atoms with Crippen molar-refractivity contribution in [1.29, 1.82) is 0 Å². The van der Waals surface area contributed by atoms with Crippen LogP contribution < -0.4 is 10.2 Å². The molecule has 0 aliphatic carbocycles. The van der Waals surface area contributed by atoms with E-state index in [9.17, 15) is 9.59 Å². The number of carbonyl (C=O) groups excluding carboxylic acids is 2. The van der Waals surface area contributed by atoms with Gasteiger partial charge in [-0.1, -0.05) is 31.5 Å². The highest BCUT2D eigenvalue weighted by molar-refractivity contribution is 5.92. The van der Waals surface area contributed by atoms with E-state index in [-0.39, 0.29) is 11.8 Å². The molecule has 0 bridgehead atoms. The first-order valence-electron chi connectivity index (χ1n) is 7.16. The van der Waals surface area contributed by atoms with Crippen LogP contribution in [0.25, 0.3) is 0 Å². The van der Waals surface area contributed by atoms with Gasteiger partial charge in [-0.3, -0.25) is 9.59 Å². The Labute approximate surface area is 121 Å². The van der Waals surface area contributed by atoms with E-state index in [1.165, 1.54) is 0 Å². The predicted octanol–water partition coefficient (Wildman–Crippen LogP) is 2.65. The molecule has 1 aromatic carbocycles. The Balaban J connectivity index is 2.55. The van der Waals surface area contributed by atoms with Crippen LogP contribution in [0.15, 0.2) is 24.3 Å². The Morgan fingerprint density at radius 1 is 1.25 bits per heavy atom. The zero-order valence-electron chi connectivity index (χ0n) is 12.6. The molecule has 4 nitrogen and oxygen atoms in total. The fourth-order valence-electron chi connectivity index (χ4n) is 2.05. The largest absolute Gasteiger partial charge is 0.354 e. The number of para-hydroxylation sites is 1. The number of rotatable bonds is 7. The van der Waals surface area contributed by atoms with Crippen molar-refractivity contribution in [3.63, 3.8) is 0 Å². The van der Waals surface area contributed by atoms with Crippen LogP contribution >= 0.6 is 0 Å². The molecule has 0 saturated heterocycles. The lowest BCUT2D eigenvalue weighted by molar-refractivity contribution is -0.121. The van der Waals surface area contributed by atoms with Gasteiger partial charge in [0.05, 0.1) is 0 Å². The summed E-state index contributed by atoms with van der Waals surface area (Å²) in [6.07, 6.45) is 2.47. The van der Waals surface area contributed by atoms with Crippen molar-refractivity contribution >= 4 is 17.5 Å². The summed E-state index contributed by atoms with van der Waals surface area (Å²) in [7, 11) is 0. The fourth-order valence-corrected chi connectivity index (χ4v) is 2.05. The van der Waals surface area contributed by atoms with Crippen molar-refractivity contribution in [2.24, 2.45) is 0 Å². The van der Waals surface area contributed by atoms with Crippen LogP contribution in [0.3, 0.4) is 0 Å².